The van der Waals surface area contributed by atoms with E-state index in [1.54, 1.807) is 4.57 Å². The molecule has 1 fully saturated rings. The van der Waals surface area contributed by atoms with Crippen LogP contribution in [0.15, 0.2) is 6.33 Å². The van der Waals surface area contributed by atoms with Gasteiger partial charge in [-0.25, -0.2) is 4.98 Å². The van der Waals surface area contributed by atoms with Crippen molar-refractivity contribution in [3.8, 4) is 12.3 Å². The molecule has 0 aliphatic carbocycles. The van der Waals surface area contributed by atoms with Crippen molar-refractivity contribution in [1.82, 2.24) is 19.5 Å². The van der Waals surface area contributed by atoms with Gasteiger partial charge in [-0.2, -0.15) is 14.4 Å². The highest BCUT2D eigenvalue weighted by Crippen LogP contribution is 2.44. The number of aromatic nitrogens is 4. The van der Waals surface area contributed by atoms with Crippen molar-refractivity contribution in [3.63, 3.8) is 0 Å². The highest BCUT2D eigenvalue weighted by molar-refractivity contribution is 6.74. The second-order valence-corrected chi connectivity index (χ2v) is 13.3. The van der Waals surface area contributed by atoms with Gasteiger partial charge in [-0.1, -0.05) is 26.7 Å². The fraction of sp³-hybridized carbons (Fsp3) is 0.611. The highest BCUT2D eigenvalue weighted by atomic mass is 28.4. The highest BCUT2D eigenvalue weighted by Gasteiger charge is 2.53. The predicted molar refractivity (Wildman–Crippen MR) is 105 cm³/mol. The smallest absolute Gasteiger partial charge is 0.312 e. The molecular weight excluding hydrogens is 381 g/mol. The number of terminal acetylenes is 1. The molecule has 1 aliphatic rings. The minimum atomic E-state index is -2.19. The lowest BCUT2D eigenvalue weighted by atomic mass is 9.99. The van der Waals surface area contributed by atoms with Crippen LogP contribution in [0.1, 0.15) is 33.4 Å². The molecule has 0 saturated carbocycles. The standard InChI is InChI=1S/C18H26FN5O3Si/c1-7-18(9-25)11(27-28(5,6)17(2,3)4)8-12(26-18)24-10-21-13-14(20)22-16(19)23-15(13)24/h1,10-12,25H,8-9H2,2-6H3,(H2,20,22,23)/t11-,12?,18+/m0/s1. The SMILES string of the molecule is C#C[C@]1(CO)OC(n2cnc3c(N)nc(F)nc32)C[C@@H]1O[Si](C)(C)C(C)(C)C. The first-order valence-electron chi connectivity index (χ1n) is 9.04. The second-order valence-electron chi connectivity index (χ2n) is 8.57. The first-order valence-corrected chi connectivity index (χ1v) is 11.9. The Morgan fingerprint density at radius 1 is 1.50 bits per heavy atom. The van der Waals surface area contributed by atoms with Gasteiger partial charge in [0.05, 0.1) is 19.0 Å². The summed E-state index contributed by atoms with van der Waals surface area (Å²) in [6.45, 7) is 10.2. The van der Waals surface area contributed by atoms with Gasteiger partial charge < -0.3 is 20.0 Å². The molecule has 0 aromatic carbocycles. The number of aliphatic hydroxyl groups is 1. The molecule has 0 radical (unpaired) electrons. The number of fused-ring (bicyclic) bond motifs is 1. The van der Waals surface area contributed by atoms with Gasteiger partial charge in [0.15, 0.2) is 30.9 Å². The first-order chi connectivity index (χ1) is 12.9. The number of aliphatic hydroxyl groups excluding tert-OH is 1. The summed E-state index contributed by atoms with van der Waals surface area (Å²) >= 11 is 0. The Kier molecular flexibility index (Phi) is 5.00. The fourth-order valence-corrected chi connectivity index (χ4v) is 4.37. The molecule has 0 amide bonds. The molecule has 0 bridgehead atoms. The van der Waals surface area contributed by atoms with Crippen LogP contribution in [0.25, 0.3) is 11.2 Å². The van der Waals surface area contributed by atoms with E-state index in [2.05, 4.69) is 54.7 Å². The lowest BCUT2D eigenvalue weighted by Crippen LogP contribution is -2.51. The molecule has 28 heavy (non-hydrogen) atoms. The van der Waals surface area contributed by atoms with E-state index in [-0.39, 0.29) is 22.0 Å². The molecule has 8 nitrogen and oxygen atoms in total. The van der Waals surface area contributed by atoms with E-state index in [4.69, 9.17) is 21.3 Å². The number of halogens is 1. The molecule has 3 N–H and O–H groups in total. The Balaban J connectivity index is 1.99. The average Bonchev–Trinajstić information content (AvgIpc) is 3.15. The van der Waals surface area contributed by atoms with Gasteiger partial charge in [0, 0.05) is 6.42 Å². The topological polar surface area (TPSA) is 108 Å². The Morgan fingerprint density at radius 2 is 2.18 bits per heavy atom. The van der Waals surface area contributed by atoms with Crippen LogP contribution in [0.4, 0.5) is 10.2 Å². The molecule has 2 aromatic rings. The normalized spacial score (nSPS) is 25.9. The zero-order valence-electron chi connectivity index (χ0n) is 16.7. The lowest BCUT2D eigenvalue weighted by Gasteiger charge is -2.41. The van der Waals surface area contributed by atoms with Gasteiger partial charge in [0.1, 0.15) is 6.23 Å². The molecule has 3 heterocycles. The zero-order valence-corrected chi connectivity index (χ0v) is 17.7. The maximum absolute atomic E-state index is 13.7. The molecule has 2 aromatic heterocycles. The molecule has 1 aliphatic heterocycles. The molecule has 1 saturated heterocycles. The van der Waals surface area contributed by atoms with Gasteiger partial charge >= 0.3 is 6.08 Å². The maximum atomic E-state index is 13.7. The number of anilines is 1. The quantitative estimate of drug-likeness (QED) is 0.454. The summed E-state index contributed by atoms with van der Waals surface area (Å²) in [4.78, 5) is 11.4. The predicted octanol–water partition coefficient (Wildman–Crippen LogP) is 2.22. The van der Waals surface area contributed by atoms with Crippen molar-refractivity contribution in [3.05, 3.63) is 12.4 Å². The van der Waals surface area contributed by atoms with Gasteiger partial charge in [0.2, 0.25) is 0 Å². The summed E-state index contributed by atoms with van der Waals surface area (Å²) in [5.41, 5.74) is 4.90. The summed E-state index contributed by atoms with van der Waals surface area (Å²) in [5, 5.41) is 9.99. The molecule has 10 heteroatoms. The molecule has 1 unspecified atom stereocenters. The third kappa shape index (κ3) is 3.28. The Labute approximate surface area is 164 Å². The Morgan fingerprint density at radius 3 is 2.75 bits per heavy atom. The monoisotopic (exact) mass is 407 g/mol. The number of hydrogen-bond acceptors (Lipinski definition) is 7. The lowest BCUT2D eigenvalue weighted by molar-refractivity contribution is -0.0866. The molecule has 0 spiro atoms. The molecule has 152 valence electrons. The molecule has 3 rings (SSSR count). The fourth-order valence-electron chi connectivity index (χ4n) is 3.02. The summed E-state index contributed by atoms with van der Waals surface area (Å²) in [7, 11) is -2.19. The van der Waals surface area contributed by atoms with Crippen molar-refractivity contribution in [2.45, 2.75) is 63.3 Å². The zero-order chi connectivity index (χ0) is 20.9. The van der Waals surface area contributed by atoms with Crippen LogP contribution < -0.4 is 5.73 Å². The van der Waals surface area contributed by atoms with Gasteiger partial charge in [-0.05, 0) is 18.1 Å². The maximum Gasteiger partial charge on any atom is 0.312 e. The summed E-state index contributed by atoms with van der Waals surface area (Å²) in [5.74, 6) is 2.52. The Hall–Kier alpha value is -2.06. The Bertz CT molecular complexity index is 936. The van der Waals surface area contributed by atoms with E-state index in [0.29, 0.717) is 6.42 Å². The van der Waals surface area contributed by atoms with Crippen molar-refractivity contribution in [2.24, 2.45) is 0 Å². The van der Waals surface area contributed by atoms with E-state index < -0.39 is 38.9 Å². The van der Waals surface area contributed by atoms with Gasteiger partial charge in [-0.15, -0.1) is 6.42 Å². The second kappa shape index (κ2) is 6.77. The number of nitrogens with zero attached hydrogens (tertiary/aromatic N) is 4. The van der Waals surface area contributed by atoms with E-state index in [1.165, 1.54) is 6.33 Å². The van der Waals surface area contributed by atoms with Crippen LogP contribution in [-0.2, 0) is 9.16 Å². The van der Waals surface area contributed by atoms with Crippen LogP contribution in [-0.4, -0.2) is 51.3 Å². The van der Waals surface area contributed by atoms with Gasteiger partial charge in [-0.3, -0.25) is 4.57 Å². The minimum Gasteiger partial charge on any atom is -0.410 e. The summed E-state index contributed by atoms with van der Waals surface area (Å²) < 4.78 is 27.8. The third-order valence-corrected chi connectivity index (χ3v) is 10.2. The van der Waals surface area contributed by atoms with Crippen molar-refractivity contribution < 1.29 is 18.7 Å². The van der Waals surface area contributed by atoms with Crippen molar-refractivity contribution in [2.75, 3.05) is 12.3 Å². The molecular formula is C18H26FN5O3Si. The van der Waals surface area contributed by atoms with Crippen molar-refractivity contribution in [1.29, 1.82) is 0 Å². The number of rotatable bonds is 4. The van der Waals surface area contributed by atoms with Crippen LogP contribution in [0.5, 0.6) is 0 Å². The first kappa shape index (κ1) is 20.7. The largest absolute Gasteiger partial charge is 0.410 e. The molecule has 3 atom stereocenters. The van der Waals surface area contributed by atoms with Crippen molar-refractivity contribution >= 4 is 25.3 Å². The summed E-state index contributed by atoms with van der Waals surface area (Å²) in [6.07, 6.45) is 5.42. The van der Waals surface area contributed by atoms with Gasteiger partial charge in [0.25, 0.3) is 0 Å². The van der Waals surface area contributed by atoms with E-state index in [1.807, 2.05) is 0 Å². The van der Waals surface area contributed by atoms with Crippen LogP contribution >= 0.6 is 0 Å². The number of ether oxygens (including phenoxy) is 1. The van der Waals surface area contributed by atoms with E-state index >= 15 is 0 Å². The number of nitrogens with two attached hydrogens (primary N) is 1. The van der Waals surface area contributed by atoms with Crippen LogP contribution in [0.3, 0.4) is 0 Å². The summed E-state index contributed by atoms with van der Waals surface area (Å²) in [6, 6.07) is 0. The average molecular weight is 408 g/mol. The van der Waals surface area contributed by atoms with E-state index in [0.717, 1.165) is 0 Å². The van der Waals surface area contributed by atoms with E-state index in [9.17, 15) is 9.50 Å². The minimum absolute atomic E-state index is 0.0482. The number of hydrogen-bond donors (Lipinski definition) is 2. The van der Waals surface area contributed by atoms with Crippen LogP contribution in [0.2, 0.25) is 18.1 Å². The van der Waals surface area contributed by atoms with Crippen LogP contribution in [0, 0.1) is 18.4 Å². The third-order valence-electron chi connectivity index (χ3n) is 5.74. The number of nitrogen functional groups attached to an aromatic ring is 1. The number of imidazole rings is 1.